The van der Waals surface area contributed by atoms with E-state index in [0.717, 1.165) is 16.1 Å². The molecule has 0 aliphatic rings. The first kappa shape index (κ1) is 13.4. The van der Waals surface area contributed by atoms with Crippen LogP contribution < -0.4 is 10.9 Å². The zero-order valence-electron chi connectivity index (χ0n) is 10.0. The first-order chi connectivity index (χ1) is 8.95. The van der Waals surface area contributed by atoms with Gasteiger partial charge in [-0.3, -0.25) is 14.6 Å². The molecule has 0 unspecified atom stereocenters. The second-order valence-corrected chi connectivity index (χ2v) is 4.95. The van der Waals surface area contributed by atoms with Crippen LogP contribution >= 0.6 is 15.9 Å². The van der Waals surface area contributed by atoms with E-state index in [1.54, 1.807) is 12.1 Å². The highest BCUT2D eigenvalue weighted by Gasteiger charge is 2.10. The van der Waals surface area contributed by atoms with Crippen molar-refractivity contribution in [3.8, 4) is 5.88 Å². The molecule has 0 radical (unpaired) electrons. The lowest BCUT2D eigenvalue weighted by atomic mass is 10.2. The monoisotopic (exact) mass is 322 g/mol. The van der Waals surface area contributed by atoms with Crippen molar-refractivity contribution in [2.75, 3.05) is 5.32 Å². The van der Waals surface area contributed by atoms with Gasteiger partial charge in [-0.15, -0.1) is 0 Å². The molecule has 2 aromatic rings. The fourth-order valence-electron chi connectivity index (χ4n) is 1.62. The van der Waals surface area contributed by atoms with E-state index in [0.29, 0.717) is 5.69 Å². The number of carbonyl (C=O) groups is 1. The van der Waals surface area contributed by atoms with Gasteiger partial charge in [-0.05, 0) is 30.7 Å². The standard InChI is InChI=1S/C13H11BrN2O3/c1-7-4-9(14)2-3-10(7)15-13(19)8-5-11(17)16-12(18)6-8/h2-6H,1H3,(H,15,19)(H2,16,17,18). The zero-order chi connectivity index (χ0) is 14.0. The smallest absolute Gasteiger partial charge is 0.256 e. The van der Waals surface area contributed by atoms with E-state index in [1.807, 2.05) is 13.0 Å². The molecule has 0 bridgehead atoms. The molecule has 0 atom stereocenters. The number of aryl methyl sites for hydroxylation is 1. The number of benzene rings is 1. The first-order valence-corrected chi connectivity index (χ1v) is 6.26. The normalized spacial score (nSPS) is 10.2. The van der Waals surface area contributed by atoms with Crippen LogP contribution in [-0.4, -0.2) is 16.0 Å². The SMILES string of the molecule is Cc1cc(Br)ccc1NC(=O)c1cc(O)[nH]c(=O)c1. The van der Waals surface area contributed by atoms with Gasteiger partial charge in [0.2, 0.25) is 0 Å². The van der Waals surface area contributed by atoms with E-state index in [2.05, 4.69) is 26.2 Å². The topological polar surface area (TPSA) is 82.2 Å². The van der Waals surface area contributed by atoms with Crippen LogP contribution in [-0.2, 0) is 0 Å². The maximum atomic E-state index is 12.0. The van der Waals surface area contributed by atoms with E-state index in [9.17, 15) is 14.7 Å². The highest BCUT2D eigenvalue weighted by molar-refractivity contribution is 9.10. The molecule has 1 heterocycles. The Kier molecular flexibility index (Phi) is 3.71. The number of H-pyrrole nitrogens is 1. The Balaban J connectivity index is 2.28. The van der Waals surface area contributed by atoms with Crippen LogP contribution in [0.3, 0.4) is 0 Å². The summed E-state index contributed by atoms with van der Waals surface area (Å²) < 4.78 is 0.914. The fourth-order valence-corrected chi connectivity index (χ4v) is 2.10. The third-order valence-corrected chi connectivity index (χ3v) is 3.02. The Morgan fingerprint density at radius 1 is 1.32 bits per heavy atom. The van der Waals surface area contributed by atoms with Crippen molar-refractivity contribution in [2.45, 2.75) is 6.92 Å². The van der Waals surface area contributed by atoms with E-state index in [-0.39, 0.29) is 11.4 Å². The Hall–Kier alpha value is -2.08. The molecule has 5 nitrogen and oxygen atoms in total. The molecule has 0 fully saturated rings. The molecule has 0 spiro atoms. The summed E-state index contributed by atoms with van der Waals surface area (Å²) in [7, 11) is 0. The van der Waals surface area contributed by atoms with Crippen LogP contribution in [0.1, 0.15) is 15.9 Å². The molecule has 1 aromatic heterocycles. The molecule has 0 saturated carbocycles. The number of amides is 1. The largest absolute Gasteiger partial charge is 0.494 e. The van der Waals surface area contributed by atoms with Gasteiger partial charge in [-0.1, -0.05) is 15.9 Å². The van der Waals surface area contributed by atoms with Gasteiger partial charge in [0.05, 0.1) is 5.56 Å². The van der Waals surface area contributed by atoms with Crippen LogP contribution in [0.5, 0.6) is 5.88 Å². The maximum absolute atomic E-state index is 12.0. The summed E-state index contributed by atoms with van der Waals surface area (Å²) in [5.41, 5.74) is 1.10. The summed E-state index contributed by atoms with van der Waals surface area (Å²) in [5, 5.41) is 11.9. The van der Waals surface area contributed by atoms with Crippen LogP contribution in [0.15, 0.2) is 39.6 Å². The number of aromatic hydroxyl groups is 1. The molecule has 0 saturated heterocycles. The Morgan fingerprint density at radius 2 is 2.05 bits per heavy atom. The fraction of sp³-hybridized carbons (Fsp3) is 0.0769. The van der Waals surface area contributed by atoms with Gasteiger partial charge in [0.15, 0.2) is 5.88 Å². The quantitative estimate of drug-likeness (QED) is 0.794. The molecule has 2 rings (SSSR count). The lowest BCUT2D eigenvalue weighted by Crippen LogP contribution is -2.16. The lowest BCUT2D eigenvalue weighted by Gasteiger charge is -2.08. The maximum Gasteiger partial charge on any atom is 0.256 e. The van der Waals surface area contributed by atoms with Crippen molar-refractivity contribution >= 4 is 27.5 Å². The minimum Gasteiger partial charge on any atom is -0.494 e. The van der Waals surface area contributed by atoms with Crippen LogP contribution in [0.25, 0.3) is 0 Å². The molecule has 0 aliphatic heterocycles. The molecular formula is C13H11BrN2O3. The van der Waals surface area contributed by atoms with Crippen molar-refractivity contribution < 1.29 is 9.90 Å². The van der Waals surface area contributed by atoms with Gasteiger partial charge in [0.25, 0.3) is 11.5 Å². The minimum atomic E-state index is -0.530. The summed E-state index contributed by atoms with van der Waals surface area (Å²) in [5.74, 6) is -0.794. The van der Waals surface area contributed by atoms with E-state index < -0.39 is 11.5 Å². The number of hydrogen-bond acceptors (Lipinski definition) is 3. The van der Waals surface area contributed by atoms with Gasteiger partial charge in [-0.25, -0.2) is 0 Å². The molecular weight excluding hydrogens is 312 g/mol. The number of pyridine rings is 1. The third kappa shape index (κ3) is 3.23. The highest BCUT2D eigenvalue weighted by Crippen LogP contribution is 2.20. The van der Waals surface area contributed by atoms with Gasteiger partial charge in [-0.2, -0.15) is 0 Å². The van der Waals surface area contributed by atoms with Crippen molar-refractivity contribution in [1.82, 2.24) is 4.98 Å². The molecule has 0 aliphatic carbocycles. The average Bonchev–Trinajstić information content (AvgIpc) is 2.31. The van der Waals surface area contributed by atoms with Crippen LogP contribution in [0, 0.1) is 6.92 Å². The number of rotatable bonds is 2. The first-order valence-electron chi connectivity index (χ1n) is 5.46. The number of nitrogens with one attached hydrogen (secondary N) is 2. The van der Waals surface area contributed by atoms with E-state index >= 15 is 0 Å². The van der Waals surface area contributed by atoms with Crippen LogP contribution in [0.4, 0.5) is 5.69 Å². The van der Waals surface area contributed by atoms with Gasteiger partial charge < -0.3 is 10.4 Å². The number of aromatic amines is 1. The minimum absolute atomic E-state index is 0.101. The number of halogens is 1. The highest BCUT2D eigenvalue weighted by atomic mass is 79.9. The number of anilines is 1. The van der Waals surface area contributed by atoms with E-state index in [1.165, 1.54) is 6.07 Å². The van der Waals surface area contributed by atoms with E-state index in [4.69, 9.17) is 0 Å². The van der Waals surface area contributed by atoms with Gasteiger partial charge in [0.1, 0.15) is 0 Å². The predicted octanol–water partition coefficient (Wildman–Crippen LogP) is 2.40. The van der Waals surface area contributed by atoms with Crippen molar-refractivity contribution in [1.29, 1.82) is 0 Å². The average molecular weight is 323 g/mol. The Labute approximate surface area is 117 Å². The molecule has 19 heavy (non-hydrogen) atoms. The van der Waals surface area contributed by atoms with Crippen molar-refractivity contribution in [3.05, 3.63) is 56.3 Å². The number of hydrogen-bond donors (Lipinski definition) is 3. The summed E-state index contributed by atoms with van der Waals surface area (Å²) in [6, 6.07) is 7.75. The number of aromatic nitrogens is 1. The molecule has 1 amide bonds. The lowest BCUT2D eigenvalue weighted by molar-refractivity contribution is 0.102. The molecule has 3 N–H and O–H groups in total. The Morgan fingerprint density at radius 3 is 2.68 bits per heavy atom. The van der Waals surface area contributed by atoms with Crippen molar-refractivity contribution in [2.24, 2.45) is 0 Å². The third-order valence-electron chi connectivity index (χ3n) is 2.53. The molecule has 1 aromatic carbocycles. The van der Waals surface area contributed by atoms with Crippen molar-refractivity contribution in [3.63, 3.8) is 0 Å². The predicted molar refractivity (Wildman–Crippen MR) is 75.6 cm³/mol. The molecule has 98 valence electrons. The van der Waals surface area contributed by atoms with Gasteiger partial charge >= 0.3 is 0 Å². The summed E-state index contributed by atoms with van der Waals surface area (Å²) in [6.07, 6.45) is 0. The Bertz CT molecular complexity index is 695. The zero-order valence-corrected chi connectivity index (χ0v) is 11.6. The summed E-state index contributed by atoms with van der Waals surface area (Å²) in [6.45, 7) is 1.86. The summed E-state index contributed by atoms with van der Waals surface area (Å²) in [4.78, 5) is 25.3. The molecule has 6 heteroatoms. The van der Waals surface area contributed by atoms with Crippen LogP contribution in [0.2, 0.25) is 0 Å². The second kappa shape index (κ2) is 5.27. The van der Waals surface area contributed by atoms with Gasteiger partial charge in [0, 0.05) is 22.3 Å². The second-order valence-electron chi connectivity index (χ2n) is 4.03. The number of carbonyl (C=O) groups excluding carboxylic acids is 1. The summed E-state index contributed by atoms with van der Waals surface area (Å²) >= 11 is 3.34.